The summed E-state index contributed by atoms with van der Waals surface area (Å²) in [6.07, 6.45) is 5.58. The van der Waals surface area contributed by atoms with Gasteiger partial charge in [0.2, 0.25) is 5.91 Å². The fraction of sp³-hybridized carbons (Fsp3) is 0.375. The number of rotatable bonds is 2. The normalized spacial score (nSPS) is 20.6. The summed E-state index contributed by atoms with van der Waals surface area (Å²) in [4.78, 5) is 16.5. The van der Waals surface area contributed by atoms with Crippen molar-refractivity contribution in [3.8, 4) is 0 Å². The Hall–Kier alpha value is -1.36. The largest absolute Gasteiger partial charge is 0.328 e. The van der Waals surface area contributed by atoms with E-state index in [0.717, 1.165) is 42.3 Å². The van der Waals surface area contributed by atoms with Crippen LogP contribution in [0.5, 0.6) is 0 Å². The fourth-order valence-corrected chi connectivity index (χ4v) is 2.86. The van der Waals surface area contributed by atoms with Crippen LogP contribution >= 0.6 is 24.8 Å². The number of benzene rings is 1. The standard InChI is InChI=1S/C16H19N3O.2ClH/c17-13-5-1-3-12(9-13)16(20)19-14-6-7-15-11(10-14)4-2-8-18-15;;/h2,4,6-8,10,12-13H,1,3,5,9,17H2,(H,19,20);2*1H. The van der Waals surface area contributed by atoms with Gasteiger partial charge in [-0.1, -0.05) is 12.5 Å². The lowest BCUT2D eigenvalue weighted by molar-refractivity contribution is -0.120. The van der Waals surface area contributed by atoms with E-state index in [-0.39, 0.29) is 42.7 Å². The predicted octanol–water partition coefficient (Wildman–Crippen LogP) is 3.53. The zero-order valence-corrected chi connectivity index (χ0v) is 13.8. The van der Waals surface area contributed by atoms with E-state index in [2.05, 4.69) is 10.3 Å². The number of anilines is 1. The summed E-state index contributed by atoms with van der Waals surface area (Å²) in [5.74, 6) is 0.131. The maximum absolute atomic E-state index is 12.3. The van der Waals surface area contributed by atoms with Gasteiger partial charge >= 0.3 is 0 Å². The third kappa shape index (κ3) is 4.32. The van der Waals surface area contributed by atoms with Crippen molar-refractivity contribution < 1.29 is 4.79 Å². The second kappa shape index (κ2) is 8.32. The molecule has 1 fully saturated rings. The average molecular weight is 342 g/mol. The van der Waals surface area contributed by atoms with Crippen molar-refractivity contribution in [2.75, 3.05) is 5.32 Å². The minimum atomic E-state index is 0. The van der Waals surface area contributed by atoms with Gasteiger partial charge in [-0.3, -0.25) is 9.78 Å². The summed E-state index contributed by atoms with van der Waals surface area (Å²) in [6.45, 7) is 0. The van der Waals surface area contributed by atoms with Crippen molar-refractivity contribution in [1.29, 1.82) is 0 Å². The molecule has 3 N–H and O–H groups in total. The lowest BCUT2D eigenvalue weighted by Crippen LogP contribution is -2.34. The van der Waals surface area contributed by atoms with Crippen molar-refractivity contribution in [2.24, 2.45) is 11.7 Å². The van der Waals surface area contributed by atoms with Crippen LogP contribution in [-0.2, 0) is 4.79 Å². The predicted molar refractivity (Wildman–Crippen MR) is 94.8 cm³/mol. The fourth-order valence-electron chi connectivity index (χ4n) is 2.86. The van der Waals surface area contributed by atoms with Crippen molar-refractivity contribution in [3.05, 3.63) is 36.5 Å². The Morgan fingerprint density at radius 3 is 2.82 bits per heavy atom. The highest BCUT2D eigenvalue weighted by atomic mass is 35.5. The van der Waals surface area contributed by atoms with Gasteiger partial charge in [0.15, 0.2) is 0 Å². The van der Waals surface area contributed by atoms with Crippen molar-refractivity contribution in [1.82, 2.24) is 4.98 Å². The minimum Gasteiger partial charge on any atom is -0.328 e. The van der Waals surface area contributed by atoms with Crippen molar-refractivity contribution in [2.45, 2.75) is 31.7 Å². The van der Waals surface area contributed by atoms with Gasteiger partial charge in [0.1, 0.15) is 0 Å². The molecule has 0 spiro atoms. The first kappa shape index (κ1) is 18.7. The second-order valence-electron chi connectivity index (χ2n) is 5.52. The first-order valence-electron chi connectivity index (χ1n) is 7.13. The summed E-state index contributed by atoms with van der Waals surface area (Å²) in [5, 5.41) is 4.04. The third-order valence-corrected chi connectivity index (χ3v) is 3.96. The highest BCUT2D eigenvalue weighted by Crippen LogP contribution is 2.25. The molecule has 6 heteroatoms. The summed E-state index contributed by atoms with van der Waals surface area (Å²) in [6, 6.07) is 9.85. The Kier molecular flexibility index (Phi) is 7.07. The zero-order valence-electron chi connectivity index (χ0n) is 12.2. The molecule has 2 atom stereocenters. The van der Waals surface area contributed by atoms with Crippen molar-refractivity contribution in [3.63, 3.8) is 0 Å². The number of nitrogens with two attached hydrogens (primary N) is 1. The molecule has 0 saturated heterocycles. The van der Waals surface area contributed by atoms with Crippen molar-refractivity contribution >= 4 is 47.3 Å². The lowest BCUT2D eigenvalue weighted by Gasteiger charge is -2.25. The highest BCUT2D eigenvalue weighted by molar-refractivity contribution is 5.95. The molecule has 3 rings (SSSR count). The molecule has 0 bridgehead atoms. The molecular weight excluding hydrogens is 321 g/mol. The van der Waals surface area contributed by atoms with Gasteiger partial charge < -0.3 is 11.1 Å². The molecule has 120 valence electrons. The van der Waals surface area contributed by atoms with E-state index in [1.165, 1.54) is 0 Å². The number of nitrogens with one attached hydrogen (secondary N) is 1. The van der Waals surface area contributed by atoms with Gasteiger partial charge in [-0.15, -0.1) is 24.8 Å². The molecule has 22 heavy (non-hydrogen) atoms. The van der Waals surface area contributed by atoms with Crippen LogP contribution in [0.25, 0.3) is 10.9 Å². The molecule has 1 aromatic carbocycles. The van der Waals surface area contributed by atoms with E-state index in [1.807, 2.05) is 30.3 Å². The van der Waals surface area contributed by atoms with Crippen LogP contribution in [0.3, 0.4) is 0 Å². The van der Waals surface area contributed by atoms with Crippen LogP contribution in [0.1, 0.15) is 25.7 Å². The Morgan fingerprint density at radius 1 is 1.23 bits per heavy atom. The third-order valence-electron chi connectivity index (χ3n) is 3.96. The molecular formula is C16H21Cl2N3O. The summed E-state index contributed by atoms with van der Waals surface area (Å²) >= 11 is 0. The van der Waals surface area contributed by atoms with Gasteiger partial charge in [-0.05, 0) is 43.5 Å². The van der Waals surface area contributed by atoms with E-state index in [9.17, 15) is 4.79 Å². The number of fused-ring (bicyclic) bond motifs is 1. The Morgan fingerprint density at radius 2 is 2.05 bits per heavy atom. The highest BCUT2D eigenvalue weighted by Gasteiger charge is 2.25. The van der Waals surface area contributed by atoms with E-state index in [4.69, 9.17) is 5.73 Å². The number of hydrogen-bond acceptors (Lipinski definition) is 3. The van der Waals surface area contributed by atoms with Crippen LogP contribution in [-0.4, -0.2) is 16.9 Å². The summed E-state index contributed by atoms with van der Waals surface area (Å²) < 4.78 is 0. The van der Waals surface area contributed by atoms with Gasteiger partial charge in [-0.2, -0.15) is 0 Å². The van der Waals surface area contributed by atoms with Gasteiger partial charge in [0.05, 0.1) is 5.52 Å². The monoisotopic (exact) mass is 341 g/mol. The van der Waals surface area contributed by atoms with Gasteiger partial charge in [0, 0.05) is 29.2 Å². The number of carbonyl (C=O) groups is 1. The van der Waals surface area contributed by atoms with E-state index in [0.29, 0.717) is 0 Å². The number of aromatic nitrogens is 1. The number of carbonyl (C=O) groups excluding carboxylic acids is 1. The van der Waals surface area contributed by atoms with E-state index >= 15 is 0 Å². The molecule has 1 aliphatic rings. The Labute approximate surface area is 142 Å². The molecule has 4 nitrogen and oxygen atoms in total. The molecule has 1 amide bonds. The quantitative estimate of drug-likeness (QED) is 0.877. The maximum Gasteiger partial charge on any atom is 0.227 e. The van der Waals surface area contributed by atoms with Crippen LogP contribution in [0.4, 0.5) is 5.69 Å². The first-order chi connectivity index (χ1) is 9.72. The molecule has 2 unspecified atom stereocenters. The Balaban J connectivity index is 0.00000121. The van der Waals surface area contributed by atoms with Crippen LogP contribution in [0.2, 0.25) is 0 Å². The van der Waals surface area contributed by atoms with Gasteiger partial charge in [-0.25, -0.2) is 0 Å². The van der Waals surface area contributed by atoms with Gasteiger partial charge in [0.25, 0.3) is 0 Å². The molecule has 0 radical (unpaired) electrons. The van der Waals surface area contributed by atoms with Crippen LogP contribution in [0.15, 0.2) is 36.5 Å². The topological polar surface area (TPSA) is 68.0 Å². The summed E-state index contributed by atoms with van der Waals surface area (Å²) in [7, 11) is 0. The molecule has 0 aliphatic heterocycles. The molecule has 1 aromatic heterocycles. The SMILES string of the molecule is Cl.Cl.NC1CCCC(C(=O)Nc2ccc3ncccc3c2)C1. The minimum absolute atomic E-state index is 0. The smallest absolute Gasteiger partial charge is 0.227 e. The second-order valence-corrected chi connectivity index (χ2v) is 5.52. The number of pyridine rings is 1. The average Bonchev–Trinajstić information content (AvgIpc) is 2.47. The molecule has 1 aliphatic carbocycles. The van der Waals surface area contributed by atoms with E-state index in [1.54, 1.807) is 6.20 Å². The number of nitrogens with zero attached hydrogens (tertiary/aromatic N) is 1. The molecule has 1 heterocycles. The number of hydrogen-bond donors (Lipinski definition) is 2. The molecule has 2 aromatic rings. The molecule has 1 saturated carbocycles. The van der Waals surface area contributed by atoms with Crippen LogP contribution in [0, 0.1) is 5.92 Å². The first-order valence-corrected chi connectivity index (χ1v) is 7.13. The summed E-state index contributed by atoms with van der Waals surface area (Å²) in [5.41, 5.74) is 7.71. The maximum atomic E-state index is 12.3. The lowest BCUT2D eigenvalue weighted by atomic mass is 9.85. The van der Waals surface area contributed by atoms with Crippen LogP contribution < -0.4 is 11.1 Å². The zero-order chi connectivity index (χ0) is 13.9. The number of halogens is 2. The van der Waals surface area contributed by atoms with E-state index < -0.39 is 0 Å². The number of amides is 1. The Bertz CT molecular complexity index is 636.